The van der Waals surface area contributed by atoms with E-state index in [9.17, 15) is 5.11 Å². The standard InChI is InChI=1S/C16H19N5O.2ClH/c1-3-11(4-2)19-16-20-13(15(22)21-16)8-10-9-18-14-12(10)6-5-7-17-14;;/h5-9,11,22H,3-4H2,1-2H3,(H2,19,20,21);2*1H. The van der Waals surface area contributed by atoms with Gasteiger partial charge in [-0.05, 0) is 31.1 Å². The normalized spacial score (nSPS) is 13.5. The number of H-pyrrole nitrogens is 1. The van der Waals surface area contributed by atoms with Crippen molar-refractivity contribution >= 4 is 54.4 Å². The highest BCUT2D eigenvalue weighted by atomic mass is 35.5. The van der Waals surface area contributed by atoms with Gasteiger partial charge in [0.15, 0.2) is 5.82 Å². The van der Waals surface area contributed by atoms with E-state index in [-0.39, 0.29) is 30.7 Å². The number of nitrogens with one attached hydrogen (secondary N) is 2. The average molecular weight is 370 g/mol. The summed E-state index contributed by atoms with van der Waals surface area (Å²) >= 11 is 0. The van der Waals surface area contributed by atoms with E-state index in [1.165, 1.54) is 0 Å². The van der Waals surface area contributed by atoms with Crippen LogP contribution in [0.2, 0.25) is 0 Å². The Kier molecular flexibility index (Phi) is 7.25. The van der Waals surface area contributed by atoms with Gasteiger partial charge in [-0.1, -0.05) is 13.8 Å². The number of pyridine rings is 1. The molecular weight excluding hydrogens is 349 g/mol. The van der Waals surface area contributed by atoms with Crippen molar-refractivity contribution in [2.75, 3.05) is 5.32 Å². The van der Waals surface area contributed by atoms with Gasteiger partial charge in [-0.2, -0.15) is 4.98 Å². The lowest BCUT2D eigenvalue weighted by atomic mass is 10.1. The van der Waals surface area contributed by atoms with Gasteiger partial charge in [0, 0.05) is 29.6 Å². The predicted octanol–water partition coefficient (Wildman–Crippen LogP) is 4.21. The maximum Gasteiger partial charge on any atom is 0.238 e. The van der Waals surface area contributed by atoms with Crippen molar-refractivity contribution in [1.82, 2.24) is 15.0 Å². The van der Waals surface area contributed by atoms with Crippen LogP contribution in [0.15, 0.2) is 23.3 Å². The molecule has 1 aliphatic rings. The first-order valence-corrected chi connectivity index (χ1v) is 7.48. The van der Waals surface area contributed by atoms with Gasteiger partial charge in [0.1, 0.15) is 5.69 Å². The smallest absolute Gasteiger partial charge is 0.238 e. The molecule has 130 valence electrons. The number of allylic oxidation sites excluding steroid dienone is 1. The molecule has 0 unspecified atom stereocenters. The van der Waals surface area contributed by atoms with Crippen molar-refractivity contribution in [3.63, 3.8) is 0 Å². The van der Waals surface area contributed by atoms with Crippen LogP contribution in [0.3, 0.4) is 0 Å². The van der Waals surface area contributed by atoms with E-state index >= 15 is 0 Å². The number of aromatic amines is 1. The van der Waals surface area contributed by atoms with Crippen LogP contribution in [0.5, 0.6) is 5.88 Å². The molecule has 0 saturated carbocycles. The van der Waals surface area contributed by atoms with Crippen LogP contribution < -0.4 is 5.32 Å². The Bertz CT molecular complexity index is 738. The molecule has 0 spiro atoms. The number of fused-ring (bicyclic) bond motifs is 1. The predicted molar refractivity (Wildman–Crippen MR) is 103 cm³/mol. The molecule has 0 atom stereocenters. The van der Waals surface area contributed by atoms with Crippen LogP contribution in [-0.2, 0) is 0 Å². The summed E-state index contributed by atoms with van der Waals surface area (Å²) in [5.74, 6) is 1.26. The van der Waals surface area contributed by atoms with E-state index in [2.05, 4.69) is 39.1 Å². The minimum absolute atomic E-state index is 0. The second-order valence-electron chi connectivity index (χ2n) is 5.21. The summed E-state index contributed by atoms with van der Waals surface area (Å²) < 4.78 is 0. The van der Waals surface area contributed by atoms with Crippen LogP contribution in [0, 0.1) is 0 Å². The first kappa shape index (κ1) is 20.0. The summed E-state index contributed by atoms with van der Waals surface area (Å²) in [6.45, 7) is 4.23. The lowest BCUT2D eigenvalue weighted by Crippen LogP contribution is -2.17. The van der Waals surface area contributed by atoms with E-state index in [0.717, 1.165) is 24.0 Å². The van der Waals surface area contributed by atoms with Crippen LogP contribution >= 0.6 is 24.8 Å². The number of aromatic nitrogens is 3. The lowest BCUT2D eigenvalue weighted by Gasteiger charge is -2.12. The van der Waals surface area contributed by atoms with Crippen LogP contribution in [-0.4, -0.2) is 32.3 Å². The minimum Gasteiger partial charge on any atom is -0.492 e. The summed E-state index contributed by atoms with van der Waals surface area (Å²) in [5.41, 5.74) is 2.41. The molecule has 0 amide bonds. The quantitative estimate of drug-likeness (QED) is 0.736. The number of aromatic hydroxyl groups is 1. The summed E-state index contributed by atoms with van der Waals surface area (Å²) in [4.78, 5) is 15.7. The Morgan fingerprint density at radius 3 is 2.75 bits per heavy atom. The Balaban J connectivity index is 0.00000144. The molecule has 0 aliphatic carbocycles. The monoisotopic (exact) mass is 369 g/mol. The highest BCUT2D eigenvalue weighted by molar-refractivity contribution is 6.20. The van der Waals surface area contributed by atoms with Crippen LogP contribution in [0.4, 0.5) is 11.8 Å². The number of hydrogen-bond donors (Lipinski definition) is 3. The third kappa shape index (κ3) is 4.07. The van der Waals surface area contributed by atoms with Gasteiger partial charge in [0.05, 0.1) is 0 Å². The number of halogens is 2. The zero-order valence-corrected chi connectivity index (χ0v) is 15.1. The minimum atomic E-state index is -0.0216. The van der Waals surface area contributed by atoms with Crippen molar-refractivity contribution in [3.05, 3.63) is 29.6 Å². The van der Waals surface area contributed by atoms with Crippen LogP contribution in [0.25, 0.3) is 11.6 Å². The summed E-state index contributed by atoms with van der Waals surface area (Å²) in [5, 5.41) is 13.3. The van der Waals surface area contributed by atoms with E-state index in [0.29, 0.717) is 23.5 Å². The molecule has 3 heterocycles. The molecular formula is C16H21Cl2N5O. The fourth-order valence-electron chi connectivity index (χ4n) is 2.43. The fourth-order valence-corrected chi connectivity index (χ4v) is 2.43. The van der Waals surface area contributed by atoms with Crippen molar-refractivity contribution in [3.8, 4) is 5.88 Å². The molecule has 2 aromatic rings. The number of rotatable bonds is 5. The van der Waals surface area contributed by atoms with E-state index in [1.807, 2.05) is 18.2 Å². The summed E-state index contributed by atoms with van der Waals surface area (Å²) in [7, 11) is 0. The first-order chi connectivity index (χ1) is 10.7. The highest BCUT2D eigenvalue weighted by Gasteiger charge is 2.15. The largest absolute Gasteiger partial charge is 0.492 e. The van der Waals surface area contributed by atoms with Crippen molar-refractivity contribution in [2.45, 2.75) is 32.7 Å². The lowest BCUT2D eigenvalue weighted by molar-refractivity contribution is 0.455. The van der Waals surface area contributed by atoms with E-state index in [4.69, 9.17) is 0 Å². The van der Waals surface area contributed by atoms with Crippen molar-refractivity contribution in [2.24, 2.45) is 4.99 Å². The maximum absolute atomic E-state index is 10.0. The first-order valence-electron chi connectivity index (χ1n) is 7.48. The molecule has 2 aromatic heterocycles. The number of anilines is 1. The van der Waals surface area contributed by atoms with Gasteiger partial charge in [0.25, 0.3) is 0 Å². The van der Waals surface area contributed by atoms with Gasteiger partial charge < -0.3 is 15.4 Å². The van der Waals surface area contributed by atoms with Crippen LogP contribution in [0.1, 0.15) is 37.9 Å². The molecule has 0 aromatic carbocycles. The van der Waals surface area contributed by atoms with Gasteiger partial charge in [-0.15, -0.1) is 24.8 Å². The molecule has 0 bridgehead atoms. The number of aliphatic imine (C=N–C) groups is 1. The summed E-state index contributed by atoms with van der Waals surface area (Å²) in [6, 6.07) is 4.16. The highest BCUT2D eigenvalue weighted by Crippen LogP contribution is 2.31. The molecule has 8 heteroatoms. The van der Waals surface area contributed by atoms with Crippen molar-refractivity contribution in [1.29, 1.82) is 0 Å². The van der Waals surface area contributed by atoms with Gasteiger partial charge in [-0.25, -0.2) is 9.98 Å². The average Bonchev–Trinajstić information content (AvgIpc) is 3.10. The molecule has 3 N–H and O–H groups in total. The second kappa shape index (κ2) is 8.70. The molecule has 0 saturated heterocycles. The Morgan fingerprint density at radius 1 is 1.29 bits per heavy atom. The zero-order chi connectivity index (χ0) is 15.5. The maximum atomic E-state index is 10.0. The molecule has 1 aliphatic heterocycles. The van der Waals surface area contributed by atoms with E-state index < -0.39 is 0 Å². The topological polar surface area (TPSA) is 86.2 Å². The van der Waals surface area contributed by atoms with E-state index in [1.54, 1.807) is 12.4 Å². The van der Waals surface area contributed by atoms with Gasteiger partial charge in [-0.3, -0.25) is 0 Å². The molecule has 6 nitrogen and oxygen atoms in total. The molecule has 24 heavy (non-hydrogen) atoms. The molecule has 0 fully saturated rings. The number of nitrogens with zero attached hydrogens (tertiary/aromatic N) is 3. The SMILES string of the molecule is CCC(CC)Nc1nc(O)c(C=C2C=Nc3ncccc32)[nH]1.Cl.Cl. The Labute approximate surface area is 153 Å². The van der Waals surface area contributed by atoms with Gasteiger partial charge >= 0.3 is 0 Å². The third-order valence-corrected chi connectivity index (χ3v) is 3.76. The van der Waals surface area contributed by atoms with Crippen molar-refractivity contribution < 1.29 is 5.11 Å². The third-order valence-electron chi connectivity index (χ3n) is 3.76. The number of imidazole rings is 1. The fraction of sp³-hybridized carbons (Fsp3) is 0.312. The Morgan fingerprint density at radius 2 is 2.04 bits per heavy atom. The zero-order valence-electron chi connectivity index (χ0n) is 13.5. The molecule has 0 radical (unpaired) electrons. The second-order valence-corrected chi connectivity index (χ2v) is 5.21. The van der Waals surface area contributed by atoms with Gasteiger partial charge in [0.2, 0.25) is 11.8 Å². The summed E-state index contributed by atoms with van der Waals surface area (Å²) in [6.07, 6.45) is 7.29. The molecule has 3 rings (SSSR count). The number of hydrogen-bond acceptors (Lipinski definition) is 5. The Hall–Kier alpha value is -2.05.